The van der Waals surface area contributed by atoms with Crippen LogP contribution in [0.25, 0.3) is 10.1 Å². The van der Waals surface area contributed by atoms with Crippen LogP contribution < -0.4 is 5.32 Å². The Hall–Kier alpha value is -1.95. The highest BCUT2D eigenvalue weighted by Gasteiger charge is 2.49. The standard InChI is InChI=1S/C21H27N3O2S/c1-2-6-18(25)24-12-11-21(10-4-3-9-17(21)24)14-22-20(26)16-8-5-7-15-13-23-27-19(15)16/h5,7-8,13,17H,2-4,6,9-12,14H2,1H3,(H,22,26). The molecule has 2 fully saturated rings. The molecule has 6 heteroatoms. The van der Waals surface area contributed by atoms with Crippen molar-refractivity contribution in [3.8, 4) is 0 Å². The van der Waals surface area contributed by atoms with E-state index in [-0.39, 0.29) is 23.3 Å². The molecule has 2 atom stereocenters. The Labute approximate surface area is 164 Å². The molecule has 5 nitrogen and oxygen atoms in total. The molecule has 2 unspecified atom stereocenters. The molecule has 0 spiro atoms. The number of nitrogens with one attached hydrogen (secondary N) is 1. The number of aromatic nitrogens is 1. The average molecular weight is 386 g/mol. The van der Waals surface area contributed by atoms with Gasteiger partial charge in [-0.3, -0.25) is 9.59 Å². The highest BCUT2D eigenvalue weighted by atomic mass is 32.1. The Bertz CT molecular complexity index is 849. The maximum absolute atomic E-state index is 12.9. The van der Waals surface area contributed by atoms with Gasteiger partial charge in [-0.2, -0.15) is 4.37 Å². The van der Waals surface area contributed by atoms with Crippen molar-refractivity contribution >= 4 is 33.4 Å². The molecule has 1 N–H and O–H groups in total. The van der Waals surface area contributed by atoms with Crippen molar-refractivity contribution in [3.63, 3.8) is 0 Å². The largest absolute Gasteiger partial charge is 0.351 e. The van der Waals surface area contributed by atoms with Crippen LogP contribution in [-0.4, -0.2) is 40.2 Å². The Kier molecular flexibility index (Phi) is 5.17. The number of nitrogens with zero attached hydrogens (tertiary/aromatic N) is 2. The van der Waals surface area contributed by atoms with Gasteiger partial charge in [0.25, 0.3) is 5.91 Å². The highest BCUT2D eigenvalue weighted by Crippen LogP contribution is 2.46. The van der Waals surface area contributed by atoms with Crippen molar-refractivity contribution < 1.29 is 9.59 Å². The molecule has 1 aromatic carbocycles. The summed E-state index contributed by atoms with van der Waals surface area (Å²) in [4.78, 5) is 27.6. The molecular weight excluding hydrogens is 358 g/mol. The zero-order valence-corrected chi connectivity index (χ0v) is 16.7. The van der Waals surface area contributed by atoms with Crippen molar-refractivity contribution in [2.45, 2.75) is 57.9 Å². The number of hydrogen-bond donors (Lipinski definition) is 1. The number of amides is 2. The van der Waals surface area contributed by atoms with E-state index in [1.54, 1.807) is 6.20 Å². The fourth-order valence-corrected chi connectivity index (χ4v) is 5.70. The minimum absolute atomic E-state index is 0.0260. The summed E-state index contributed by atoms with van der Waals surface area (Å²) < 4.78 is 5.15. The summed E-state index contributed by atoms with van der Waals surface area (Å²) in [5, 5.41) is 4.22. The van der Waals surface area contributed by atoms with E-state index in [1.807, 2.05) is 18.2 Å². The smallest absolute Gasteiger partial charge is 0.252 e. The minimum atomic E-state index is -0.0260. The second kappa shape index (κ2) is 7.58. The van der Waals surface area contributed by atoms with E-state index in [0.29, 0.717) is 18.5 Å². The van der Waals surface area contributed by atoms with Crippen LogP contribution in [0.5, 0.6) is 0 Å². The Morgan fingerprint density at radius 3 is 3.07 bits per heavy atom. The van der Waals surface area contributed by atoms with Crippen LogP contribution in [0, 0.1) is 5.41 Å². The number of carbonyl (C=O) groups excluding carboxylic acids is 2. The van der Waals surface area contributed by atoms with E-state index in [1.165, 1.54) is 24.4 Å². The molecule has 1 aliphatic heterocycles. The van der Waals surface area contributed by atoms with Gasteiger partial charge in [0, 0.05) is 42.6 Å². The number of fused-ring (bicyclic) bond motifs is 2. The van der Waals surface area contributed by atoms with Crippen LogP contribution >= 0.6 is 11.5 Å². The van der Waals surface area contributed by atoms with Gasteiger partial charge < -0.3 is 10.2 Å². The van der Waals surface area contributed by atoms with Gasteiger partial charge in [-0.25, -0.2) is 0 Å². The first kappa shape index (κ1) is 18.4. The zero-order valence-electron chi connectivity index (χ0n) is 15.9. The Balaban J connectivity index is 1.50. The predicted molar refractivity (Wildman–Crippen MR) is 108 cm³/mol. The van der Waals surface area contributed by atoms with Gasteiger partial charge >= 0.3 is 0 Å². The molecule has 1 aromatic heterocycles. The number of likely N-dealkylation sites (tertiary alicyclic amines) is 1. The first-order valence-corrected chi connectivity index (χ1v) is 10.8. The molecule has 0 radical (unpaired) electrons. The second-order valence-corrected chi connectivity index (χ2v) is 8.75. The van der Waals surface area contributed by atoms with E-state index >= 15 is 0 Å². The molecule has 1 saturated carbocycles. The van der Waals surface area contributed by atoms with Crippen LogP contribution in [-0.2, 0) is 4.79 Å². The maximum Gasteiger partial charge on any atom is 0.252 e. The SMILES string of the molecule is CCCC(=O)N1CCC2(CNC(=O)c3cccc4cnsc34)CCCCC12. The number of rotatable bonds is 5. The number of carbonyl (C=O) groups is 2. The lowest BCUT2D eigenvalue weighted by Crippen LogP contribution is -2.49. The van der Waals surface area contributed by atoms with Gasteiger partial charge in [0.05, 0.1) is 10.3 Å². The highest BCUT2D eigenvalue weighted by molar-refractivity contribution is 7.13. The van der Waals surface area contributed by atoms with Gasteiger partial charge in [-0.1, -0.05) is 31.9 Å². The van der Waals surface area contributed by atoms with Gasteiger partial charge in [0.15, 0.2) is 0 Å². The molecule has 2 heterocycles. The second-order valence-electron chi connectivity index (χ2n) is 7.94. The topological polar surface area (TPSA) is 62.3 Å². The van der Waals surface area contributed by atoms with Crippen molar-refractivity contribution in [1.82, 2.24) is 14.6 Å². The summed E-state index contributed by atoms with van der Waals surface area (Å²) in [6.07, 6.45) is 8.85. The summed E-state index contributed by atoms with van der Waals surface area (Å²) in [5.41, 5.74) is 0.745. The fourth-order valence-electron chi connectivity index (χ4n) is 4.94. The van der Waals surface area contributed by atoms with Gasteiger partial charge in [-0.05, 0) is 43.3 Å². The van der Waals surface area contributed by atoms with E-state index < -0.39 is 0 Å². The van der Waals surface area contributed by atoms with Crippen LogP contribution in [0.1, 0.15) is 62.2 Å². The van der Waals surface area contributed by atoms with Crippen LogP contribution in [0.3, 0.4) is 0 Å². The normalized spacial score (nSPS) is 24.8. The molecule has 2 aliphatic rings. The number of benzene rings is 1. The molecule has 2 aromatic rings. The van der Waals surface area contributed by atoms with E-state index in [9.17, 15) is 9.59 Å². The summed E-state index contributed by atoms with van der Waals surface area (Å²) in [5.74, 6) is 0.258. The van der Waals surface area contributed by atoms with Crippen molar-refractivity contribution in [2.75, 3.05) is 13.1 Å². The lowest BCUT2D eigenvalue weighted by atomic mass is 9.70. The molecule has 0 bridgehead atoms. The predicted octanol–water partition coefficient (Wildman–Crippen LogP) is 3.99. The van der Waals surface area contributed by atoms with Crippen LogP contribution in [0.4, 0.5) is 0 Å². The third-order valence-electron chi connectivity index (χ3n) is 6.35. The first-order chi connectivity index (χ1) is 13.1. The maximum atomic E-state index is 12.9. The fraction of sp³-hybridized carbons (Fsp3) is 0.571. The van der Waals surface area contributed by atoms with Gasteiger partial charge in [0.2, 0.25) is 5.91 Å². The van der Waals surface area contributed by atoms with Gasteiger partial charge in [-0.15, -0.1) is 0 Å². The molecule has 1 aliphatic carbocycles. The third kappa shape index (κ3) is 3.35. The summed E-state index contributed by atoms with van der Waals surface area (Å²) in [7, 11) is 0. The minimum Gasteiger partial charge on any atom is -0.351 e. The zero-order chi connectivity index (χ0) is 18.9. The molecule has 27 heavy (non-hydrogen) atoms. The average Bonchev–Trinajstić information content (AvgIpc) is 3.31. The van der Waals surface area contributed by atoms with Crippen molar-refractivity contribution in [3.05, 3.63) is 30.0 Å². The third-order valence-corrected chi connectivity index (χ3v) is 7.20. The molecular formula is C21H27N3O2S. The van der Waals surface area contributed by atoms with Crippen molar-refractivity contribution in [1.29, 1.82) is 0 Å². The van der Waals surface area contributed by atoms with E-state index in [2.05, 4.69) is 21.5 Å². The summed E-state index contributed by atoms with van der Waals surface area (Å²) in [6, 6.07) is 6.05. The Morgan fingerprint density at radius 2 is 2.22 bits per heavy atom. The van der Waals surface area contributed by atoms with Gasteiger partial charge in [0.1, 0.15) is 0 Å². The quantitative estimate of drug-likeness (QED) is 0.846. The molecule has 1 saturated heterocycles. The number of hydrogen-bond acceptors (Lipinski definition) is 4. The van der Waals surface area contributed by atoms with Crippen LogP contribution in [0.15, 0.2) is 24.4 Å². The summed E-state index contributed by atoms with van der Waals surface area (Å²) in [6.45, 7) is 3.55. The molecule has 4 rings (SSSR count). The summed E-state index contributed by atoms with van der Waals surface area (Å²) >= 11 is 1.37. The lowest BCUT2D eigenvalue weighted by molar-refractivity contribution is -0.133. The molecule has 144 valence electrons. The van der Waals surface area contributed by atoms with E-state index in [0.717, 1.165) is 42.3 Å². The molecule has 2 amide bonds. The lowest BCUT2D eigenvalue weighted by Gasteiger charge is -2.42. The van der Waals surface area contributed by atoms with Crippen molar-refractivity contribution in [2.24, 2.45) is 5.41 Å². The first-order valence-electron chi connectivity index (χ1n) is 10.1. The monoisotopic (exact) mass is 385 g/mol. The van der Waals surface area contributed by atoms with Crippen LogP contribution in [0.2, 0.25) is 0 Å². The van der Waals surface area contributed by atoms with E-state index in [4.69, 9.17) is 0 Å². The Morgan fingerprint density at radius 1 is 1.33 bits per heavy atom.